The van der Waals surface area contributed by atoms with Crippen LogP contribution in [0.4, 0.5) is 10.1 Å². The summed E-state index contributed by atoms with van der Waals surface area (Å²) in [5.41, 5.74) is 4.36. The van der Waals surface area contributed by atoms with Gasteiger partial charge in [0.2, 0.25) is 0 Å². The maximum absolute atomic E-state index is 13.1. The van der Waals surface area contributed by atoms with E-state index in [0.717, 1.165) is 5.69 Å². The molecule has 0 spiro atoms. The highest BCUT2D eigenvalue weighted by atomic mass is 19.1. The molecule has 19 heavy (non-hydrogen) atoms. The van der Waals surface area contributed by atoms with Crippen LogP contribution < -0.4 is 10.1 Å². The van der Waals surface area contributed by atoms with Gasteiger partial charge in [0, 0.05) is 6.07 Å². The fraction of sp³-hybridized carbons (Fsp3) is 0.250. The lowest BCUT2D eigenvalue weighted by Crippen LogP contribution is -2.24. The normalized spacial score (nSPS) is 17.3. The molecule has 1 heterocycles. The number of nitrogens with one attached hydrogen (secondary N) is 1. The summed E-state index contributed by atoms with van der Waals surface area (Å²) < 4.78 is 19.1. The van der Waals surface area contributed by atoms with Crippen LogP contribution in [-0.4, -0.2) is 6.54 Å². The highest BCUT2D eigenvalue weighted by Crippen LogP contribution is 2.35. The van der Waals surface area contributed by atoms with Crippen LogP contribution in [0.3, 0.4) is 0 Å². The number of fused-ring (bicyclic) bond motifs is 1. The maximum Gasteiger partial charge on any atom is 0.143 e. The van der Waals surface area contributed by atoms with Crippen molar-refractivity contribution in [2.45, 2.75) is 20.0 Å². The fourth-order valence-electron chi connectivity index (χ4n) is 2.50. The molecule has 0 fully saturated rings. The van der Waals surface area contributed by atoms with Crippen LogP contribution in [0.2, 0.25) is 0 Å². The lowest BCUT2D eigenvalue weighted by atomic mass is 10.00. The van der Waals surface area contributed by atoms with Crippen molar-refractivity contribution in [2.24, 2.45) is 0 Å². The van der Waals surface area contributed by atoms with Crippen LogP contribution >= 0.6 is 0 Å². The first-order valence-electron chi connectivity index (χ1n) is 6.41. The van der Waals surface area contributed by atoms with E-state index >= 15 is 0 Å². The molecule has 3 heteroatoms. The Kier molecular flexibility index (Phi) is 2.90. The number of ether oxygens (including phenoxy) is 1. The molecule has 2 aromatic rings. The van der Waals surface area contributed by atoms with Crippen LogP contribution in [0.25, 0.3) is 0 Å². The molecular formula is C16H16FNO. The van der Waals surface area contributed by atoms with E-state index in [4.69, 9.17) is 4.74 Å². The number of hydrogen-bond donors (Lipinski definition) is 1. The average Bonchev–Trinajstić information content (AvgIpc) is 2.38. The van der Waals surface area contributed by atoms with Gasteiger partial charge in [0.25, 0.3) is 0 Å². The van der Waals surface area contributed by atoms with Crippen molar-refractivity contribution in [1.82, 2.24) is 0 Å². The molecule has 1 aliphatic rings. The number of aryl methyl sites for hydroxylation is 2. The summed E-state index contributed by atoms with van der Waals surface area (Å²) in [5, 5.41) is 3.23. The Morgan fingerprint density at radius 2 is 2.00 bits per heavy atom. The summed E-state index contributed by atoms with van der Waals surface area (Å²) in [7, 11) is 0. The second-order valence-corrected chi connectivity index (χ2v) is 4.99. The third kappa shape index (κ3) is 2.28. The number of hydrogen-bond acceptors (Lipinski definition) is 2. The molecule has 0 radical (unpaired) electrons. The summed E-state index contributed by atoms with van der Waals surface area (Å²) in [4.78, 5) is 0. The molecule has 1 N–H and O–H groups in total. The van der Waals surface area contributed by atoms with Gasteiger partial charge < -0.3 is 10.1 Å². The van der Waals surface area contributed by atoms with Crippen LogP contribution in [0.15, 0.2) is 36.4 Å². The Bertz CT molecular complexity index is 624. The molecule has 0 bridgehead atoms. The lowest BCUT2D eigenvalue weighted by molar-refractivity contribution is 0.209. The lowest BCUT2D eigenvalue weighted by Gasteiger charge is -2.28. The number of halogens is 1. The van der Waals surface area contributed by atoms with Gasteiger partial charge in [-0.15, -0.1) is 0 Å². The van der Waals surface area contributed by atoms with E-state index in [1.54, 1.807) is 6.07 Å². The van der Waals surface area contributed by atoms with E-state index in [9.17, 15) is 4.39 Å². The summed E-state index contributed by atoms with van der Waals surface area (Å²) >= 11 is 0. The predicted molar refractivity (Wildman–Crippen MR) is 74.2 cm³/mol. The SMILES string of the molecule is Cc1ccc(C2CNc3cc(F)ccc3O2)c(C)c1. The summed E-state index contributed by atoms with van der Waals surface area (Å²) in [6, 6.07) is 10.9. The van der Waals surface area contributed by atoms with Gasteiger partial charge in [0.15, 0.2) is 0 Å². The van der Waals surface area contributed by atoms with Crippen molar-refractivity contribution in [1.29, 1.82) is 0 Å². The van der Waals surface area contributed by atoms with Crippen LogP contribution in [0.5, 0.6) is 5.75 Å². The molecule has 2 aromatic carbocycles. The van der Waals surface area contributed by atoms with Crippen molar-refractivity contribution in [3.8, 4) is 5.75 Å². The van der Waals surface area contributed by atoms with Gasteiger partial charge in [-0.05, 0) is 37.1 Å². The van der Waals surface area contributed by atoms with Gasteiger partial charge in [0.1, 0.15) is 17.7 Å². The van der Waals surface area contributed by atoms with E-state index in [0.29, 0.717) is 12.3 Å². The largest absolute Gasteiger partial charge is 0.482 e. The number of rotatable bonds is 1. The van der Waals surface area contributed by atoms with Crippen molar-refractivity contribution in [3.63, 3.8) is 0 Å². The van der Waals surface area contributed by atoms with E-state index < -0.39 is 0 Å². The number of anilines is 1. The molecule has 0 saturated carbocycles. The molecule has 0 amide bonds. The standard InChI is InChI=1S/C16H16FNO/c1-10-3-5-13(11(2)7-10)16-9-18-14-8-12(17)4-6-15(14)19-16/h3-8,16,18H,9H2,1-2H3. The van der Waals surface area contributed by atoms with Crippen LogP contribution in [0, 0.1) is 19.7 Å². The van der Waals surface area contributed by atoms with Crippen LogP contribution in [0.1, 0.15) is 22.8 Å². The number of benzene rings is 2. The summed E-state index contributed by atoms with van der Waals surface area (Å²) in [5.74, 6) is 0.456. The fourth-order valence-corrected chi connectivity index (χ4v) is 2.50. The van der Waals surface area contributed by atoms with E-state index in [1.165, 1.54) is 28.8 Å². The molecule has 1 atom stereocenters. The Hall–Kier alpha value is -2.03. The second kappa shape index (κ2) is 4.57. The molecule has 2 nitrogen and oxygen atoms in total. The average molecular weight is 257 g/mol. The van der Waals surface area contributed by atoms with Crippen molar-refractivity contribution < 1.29 is 9.13 Å². The summed E-state index contributed by atoms with van der Waals surface area (Å²) in [6.07, 6.45) is -0.0291. The molecule has 0 aliphatic carbocycles. The molecular weight excluding hydrogens is 241 g/mol. The van der Waals surface area contributed by atoms with Crippen LogP contribution in [-0.2, 0) is 0 Å². The Morgan fingerprint density at radius 1 is 1.16 bits per heavy atom. The minimum Gasteiger partial charge on any atom is -0.482 e. The van der Waals surface area contributed by atoms with Gasteiger partial charge in [-0.2, -0.15) is 0 Å². The first-order chi connectivity index (χ1) is 9.13. The third-order valence-corrected chi connectivity index (χ3v) is 3.46. The Balaban J connectivity index is 1.91. The zero-order chi connectivity index (χ0) is 13.4. The van der Waals surface area contributed by atoms with Gasteiger partial charge in [-0.3, -0.25) is 0 Å². The first kappa shape index (κ1) is 12.0. The van der Waals surface area contributed by atoms with E-state index in [2.05, 4.69) is 37.4 Å². The Morgan fingerprint density at radius 3 is 2.79 bits per heavy atom. The van der Waals surface area contributed by atoms with Crippen molar-refractivity contribution >= 4 is 5.69 Å². The van der Waals surface area contributed by atoms with E-state index in [-0.39, 0.29) is 11.9 Å². The highest BCUT2D eigenvalue weighted by Gasteiger charge is 2.22. The molecule has 98 valence electrons. The third-order valence-electron chi connectivity index (χ3n) is 3.46. The predicted octanol–water partition coefficient (Wildman–Crippen LogP) is 3.99. The minimum absolute atomic E-state index is 0.0291. The van der Waals surface area contributed by atoms with E-state index in [1.807, 2.05) is 0 Å². The monoisotopic (exact) mass is 257 g/mol. The van der Waals surface area contributed by atoms with Gasteiger partial charge in [-0.25, -0.2) is 4.39 Å². The van der Waals surface area contributed by atoms with Gasteiger partial charge in [-0.1, -0.05) is 23.8 Å². The highest BCUT2D eigenvalue weighted by molar-refractivity contribution is 5.58. The molecule has 0 saturated heterocycles. The van der Waals surface area contributed by atoms with Gasteiger partial charge >= 0.3 is 0 Å². The zero-order valence-electron chi connectivity index (χ0n) is 11.0. The quantitative estimate of drug-likeness (QED) is 0.834. The molecule has 1 aliphatic heterocycles. The first-order valence-corrected chi connectivity index (χ1v) is 6.41. The maximum atomic E-state index is 13.1. The zero-order valence-corrected chi connectivity index (χ0v) is 11.0. The minimum atomic E-state index is -0.250. The molecule has 1 unspecified atom stereocenters. The van der Waals surface area contributed by atoms with Crippen molar-refractivity contribution in [3.05, 3.63) is 58.9 Å². The Labute approximate surface area is 112 Å². The molecule has 0 aromatic heterocycles. The van der Waals surface area contributed by atoms with Crippen molar-refractivity contribution in [2.75, 3.05) is 11.9 Å². The smallest absolute Gasteiger partial charge is 0.143 e. The summed E-state index contributed by atoms with van der Waals surface area (Å²) in [6.45, 7) is 4.82. The topological polar surface area (TPSA) is 21.3 Å². The van der Waals surface area contributed by atoms with Gasteiger partial charge in [0.05, 0.1) is 12.2 Å². The second-order valence-electron chi connectivity index (χ2n) is 4.99. The molecule has 3 rings (SSSR count).